The minimum Gasteiger partial charge on any atom is -0.455 e. The predicted octanol–water partition coefficient (Wildman–Crippen LogP) is 14.6. The summed E-state index contributed by atoms with van der Waals surface area (Å²) in [5, 5.41) is 10.5. The van der Waals surface area contributed by atoms with E-state index in [0.29, 0.717) is 0 Å². The molecule has 0 radical (unpaired) electrons. The Labute approximate surface area is 324 Å². The van der Waals surface area contributed by atoms with Crippen molar-refractivity contribution in [2.45, 2.75) is 0 Å². The van der Waals surface area contributed by atoms with E-state index in [0.717, 1.165) is 132 Å². The number of nitrogens with zero attached hydrogens (tertiary/aromatic N) is 2. The largest absolute Gasteiger partial charge is 0.455 e. The molecule has 0 aliphatic heterocycles. The second kappa shape index (κ2) is 11.4. The van der Waals surface area contributed by atoms with E-state index in [1.54, 1.807) is 0 Å². The van der Waals surface area contributed by atoms with Crippen LogP contribution in [0.3, 0.4) is 0 Å². The lowest BCUT2D eigenvalue weighted by atomic mass is 9.95. The van der Waals surface area contributed by atoms with Crippen LogP contribution in [-0.4, -0.2) is 9.97 Å². The Bertz CT molecular complexity index is 3800. The van der Waals surface area contributed by atoms with Crippen molar-refractivity contribution in [2.24, 2.45) is 0 Å². The molecule has 264 valence electrons. The van der Waals surface area contributed by atoms with Crippen LogP contribution in [0.15, 0.2) is 183 Å². The fraction of sp³-hybridized carbons (Fsp3) is 0. The Kier molecular flexibility index (Phi) is 6.10. The summed E-state index contributed by atoms with van der Waals surface area (Å²) in [5.74, 6) is 0. The first-order valence-electron chi connectivity index (χ1n) is 19.1. The van der Waals surface area contributed by atoms with Gasteiger partial charge >= 0.3 is 0 Å². The van der Waals surface area contributed by atoms with Crippen molar-refractivity contribution in [1.29, 1.82) is 0 Å². The average molecular weight is 729 g/mol. The lowest BCUT2D eigenvalue weighted by Gasteiger charge is -2.12. The maximum atomic E-state index is 6.61. The van der Waals surface area contributed by atoms with Gasteiger partial charge in [0, 0.05) is 59.6 Å². The highest BCUT2D eigenvalue weighted by atomic mass is 16.3. The fourth-order valence-electron chi connectivity index (χ4n) is 9.00. The highest BCUT2D eigenvalue weighted by Crippen LogP contribution is 2.44. The van der Waals surface area contributed by atoms with Gasteiger partial charge in [-0.15, -0.1) is 0 Å². The molecular weight excluding hydrogens is 701 g/mol. The summed E-state index contributed by atoms with van der Waals surface area (Å²) in [6.45, 7) is 0. The van der Waals surface area contributed by atoms with Gasteiger partial charge < -0.3 is 13.3 Å². The molecule has 0 saturated heterocycles. The van der Waals surface area contributed by atoms with Crippen LogP contribution >= 0.6 is 0 Å². The molecule has 13 aromatic rings. The molecule has 0 spiro atoms. The molecule has 5 heteroatoms. The summed E-state index contributed by atoms with van der Waals surface area (Å²) in [6, 6.07) is 58.9. The lowest BCUT2D eigenvalue weighted by Crippen LogP contribution is -1.91. The lowest BCUT2D eigenvalue weighted by molar-refractivity contribution is 0.668. The van der Waals surface area contributed by atoms with Crippen LogP contribution in [0.2, 0.25) is 0 Å². The predicted molar refractivity (Wildman–Crippen MR) is 233 cm³/mol. The van der Waals surface area contributed by atoms with Crippen LogP contribution in [-0.2, 0) is 0 Å². The van der Waals surface area contributed by atoms with E-state index in [9.17, 15) is 0 Å². The first kappa shape index (κ1) is 30.6. The molecule has 13 rings (SSSR count). The average Bonchev–Trinajstić information content (AvgIpc) is 3.98. The van der Waals surface area contributed by atoms with Crippen molar-refractivity contribution in [3.8, 4) is 33.6 Å². The van der Waals surface area contributed by atoms with Gasteiger partial charge in [0.25, 0.3) is 0 Å². The molecule has 8 aromatic carbocycles. The fourth-order valence-corrected chi connectivity index (χ4v) is 9.00. The van der Waals surface area contributed by atoms with Gasteiger partial charge in [-0.2, -0.15) is 0 Å². The highest BCUT2D eigenvalue weighted by molar-refractivity contribution is 6.26. The van der Waals surface area contributed by atoms with E-state index >= 15 is 0 Å². The van der Waals surface area contributed by atoms with E-state index in [1.807, 2.05) is 48.5 Å². The van der Waals surface area contributed by atoms with Crippen molar-refractivity contribution in [1.82, 2.24) is 9.97 Å². The van der Waals surface area contributed by atoms with Crippen LogP contribution in [0, 0.1) is 0 Å². The zero-order valence-electron chi connectivity index (χ0n) is 30.3. The number of hydrogen-bond donors (Lipinski definition) is 0. The van der Waals surface area contributed by atoms with Crippen molar-refractivity contribution < 1.29 is 13.3 Å². The van der Waals surface area contributed by atoms with Gasteiger partial charge in [0.05, 0.1) is 22.3 Å². The SMILES string of the molecule is c1ccc(-c2nc3cc(-c4ccc(-c5nc6c(ccc7c8ccccc8oc76)c6oc7ccccc7c56)cc4)ccc3c3c2ccc2c4ccccc4oc23)cc1. The van der Waals surface area contributed by atoms with Crippen molar-refractivity contribution >= 4 is 98.4 Å². The van der Waals surface area contributed by atoms with Crippen molar-refractivity contribution in [2.75, 3.05) is 0 Å². The van der Waals surface area contributed by atoms with Crippen LogP contribution in [0.4, 0.5) is 0 Å². The number of hydrogen-bond acceptors (Lipinski definition) is 5. The minimum absolute atomic E-state index is 0.764. The summed E-state index contributed by atoms with van der Waals surface area (Å²) < 4.78 is 19.7. The molecule has 0 aliphatic rings. The summed E-state index contributed by atoms with van der Waals surface area (Å²) >= 11 is 0. The van der Waals surface area contributed by atoms with E-state index in [-0.39, 0.29) is 0 Å². The second-order valence-electron chi connectivity index (χ2n) is 14.8. The maximum Gasteiger partial charge on any atom is 0.161 e. The van der Waals surface area contributed by atoms with E-state index < -0.39 is 0 Å². The zero-order valence-corrected chi connectivity index (χ0v) is 30.3. The molecule has 0 unspecified atom stereocenters. The number of para-hydroxylation sites is 3. The third-order valence-electron chi connectivity index (χ3n) is 11.7. The number of benzene rings is 8. The van der Waals surface area contributed by atoms with Gasteiger partial charge in [-0.05, 0) is 53.6 Å². The minimum atomic E-state index is 0.764. The molecule has 0 bridgehead atoms. The van der Waals surface area contributed by atoms with Crippen LogP contribution in [0.25, 0.3) is 132 Å². The van der Waals surface area contributed by atoms with E-state index in [4.69, 9.17) is 23.2 Å². The number of furan rings is 3. The van der Waals surface area contributed by atoms with Crippen LogP contribution in [0.1, 0.15) is 0 Å². The monoisotopic (exact) mass is 728 g/mol. The van der Waals surface area contributed by atoms with Gasteiger partial charge in [0.15, 0.2) is 5.58 Å². The van der Waals surface area contributed by atoms with Crippen molar-refractivity contribution in [3.05, 3.63) is 170 Å². The first-order valence-corrected chi connectivity index (χ1v) is 19.1. The molecule has 0 aliphatic carbocycles. The number of rotatable bonds is 3. The normalized spacial score (nSPS) is 12.2. The molecule has 5 heterocycles. The van der Waals surface area contributed by atoms with Crippen LogP contribution < -0.4 is 0 Å². The Hall–Kier alpha value is -7.76. The van der Waals surface area contributed by atoms with Crippen LogP contribution in [0.5, 0.6) is 0 Å². The molecule has 5 nitrogen and oxygen atoms in total. The summed E-state index contributed by atoms with van der Waals surface area (Å²) in [5.41, 5.74) is 12.7. The summed E-state index contributed by atoms with van der Waals surface area (Å²) in [7, 11) is 0. The number of aromatic nitrogens is 2. The molecule has 5 aromatic heterocycles. The topological polar surface area (TPSA) is 65.2 Å². The Morgan fingerprint density at radius 3 is 1.54 bits per heavy atom. The van der Waals surface area contributed by atoms with Crippen molar-refractivity contribution in [3.63, 3.8) is 0 Å². The Balaban J connectivity index is 1.01. The number of fused-ring (bicyclic) bond motifs is 16. The molecule has 0 fully saturated rings. The Morgan fingerprint density at radius 2 is 0.807 bits per heavy atom. The third kappa shape index (κ3) is 4.34. The highest BCUT2D eigenvalue weighted by Gasteiger charge is 2.22. The molecule has 57 heavy (non-hydrogen) atoms. The quantitative estimate of drug-likeness (QED) is 0.169. The molecule has 0 atom stereocenters. The molecule has 0 saturated carbocycles. The summed E-state index contributed by atoms with van der Waals surface area (Å²) in [6.07, 6.45) is 0. The summed E-state index contributed by atoms with van der Waals surface area (Å²) in [4.78, 5) is 10.7. The standard InChI is InChI=1S/C52H28N2O3/c1-2-10-30(11-3-1)47-39-26-24-35-33-12-4-7-15-42(33)55-50(35)45(39)37-23-22-32(28-41(37)53-47)29-18-20-31(21-19-29)48-46-38-14-6-9-17-44(38)56-51(46)40-27-25-36-34-13-5-8-16-43(34)57-52(36)49(40)54-48/h1-28H. The van der Waals surface area contributed by atoms with E-state index in [2.05, 4.69) is 121 Å². The van der Waals surface area contributed by atoms with E-state index in [1.165, 1.54) is 0 Å². The van der Waals surface area contributed by atoms with Gasteiger partial charge in [-0.3, -0.25) is 0 Å². The maximum absolute atomic E-state index is 6.61. The number of pyridine rings is 2. The molecular formula is C52H28N2O3. The van der Waals surface area contributed by atoms with Gasteiger partial charge in [-0.1, -0.05) is 127 Å². The Morgan fingerprint density at radius 1 is 0.298 bits per heavy atom. The molecule has 0 amide bonds. The first-order chi connectivity index (χ1) is 28.2. The van der Waals surface area contributed by atoms with Gasteiger partial charge in [0.2, 0.25) is 0 Å². The third-order valence-corrected chi connectivity index (χ3v) is 11.7. The zero-order chi connectivity index (χ0) is 37.2. The smallest absolute Gasteiger partial charge is 0.161 e. The van der Waals surface area contributed by atoms with Gasteiger partial charge in [0.1, 0.15) is 33.4 Å². The van der Waals surface area contributed by atoms with Gasteiger partial charge in [-0.25, -0.2) is 9.97 Å². The molecule has 0 N–H and O–H groups in total. The second-order valence-corrected chi connectivity index (χ2v) is 14.8.